The van der Waals surface area contributed by atoms with Crippen LogP contribution in [0, 0.1) is 17.1 Å². The van der Waals surface area contributed by atoms with Crippen LogP contribution in [0.1, 0.15) is 49.3 Å². The number of thiophene rings is 1. The van der Waals surface area contributed by atoms with Gasteiger partial charge in [-0.3, -0.25) is 4.90 Å². The summed E-state index contributed by atoms with van der Waals surface area (Å²) in [6.45, 7) is 2.67. The first-order valence-corrected chi connectivity index (χ1v) is 15.6. The van der Waals surface area contributed by atoms with Gasteiger partial charge in [-0.05, 0) is 43.5 Å². The maximum atomic E-state index is 15.3. The van der Waals surface area contributed by atoms with Crippen LogP contribution >= 0.6 is 11.3 Å². The molecule has 0 unspecified atom stereocenters. The second-order valence-corrected chi connectivity index (χ2v) is 13.0. The van der Waals surface area contributed by atoms with Crippen LogP contribution in [-0.4, -0.2) is 59.9 Å². The molecule has 0 radical (unpaired) electrons. The maximum Gasteiger partial charge on any atom is 0.419 e. The van der Waals surface area contributed by atoms with E-state index in [1.807, 2.05) is 4.90 Å². The minimum absolute atomic E-state index is 0.136. The third-order valence-electron chi connectivity index (χ3n) is 8.89. The average Bonchev–Trinajstić information content (AvgIpc) is 3.63. The molecule has 47 heavy (non-hydrogen) atoms. The summed E-state index contributed by atoms with van der Waals surface area (Å²) in [5.74, 6) is -1.19. The number of alkyl halides is 7. The van der Waals surface area contributed by atoms with Gasteiger partial charge in [0.2, 0.25) is 0 Å². The lowest BCUT2D eigenvalue weighted by Gasteiger charge is -2.31. The third kappa shape index (κ3) is 5.56. The van der Waals surface area contributed by atoms with E-state index >= 15 is 13.2 Å². The number of anilines is 2. The molecule has 0 aliphatic carbocycles. The predicted molar refractivity (Wildman–Crippen MR) is 162 cm³/mol. The number of rotatable bonds is 7. The summed E-state index contributed by atoms with van der Waals surface area (Å²) < 4.78 is 125. The standard InChI is InChI=1S/C31H28F8N6OS/c1-3-8-44(2)27-17-10-19(30(34,35)36)22(16-5-6-20(33)25-21(16)18(12-40)26(41)47-25)23(31(37,38)39)24(17)42-28(43-27)46-14-29-7-4-9-45(29)13-15(32)11-29/h5-6,10,15H,3-4,7-9,11,13-14,41H2,1-2H3/t15-,29+/m1/s1. The van der Waals surface area contributed by atoms with Crippen molar-refractivity contribution in [1.82, 2.24) is 14.9 Å². The van der Waals surface area contributed by atoms with E-state index < -0.39 is 80.0 Å². The summed E-state index contributed by atoms with van der Waals surface area (Å²) in [6.07, 6.45) is -9.90. The quantitative estimate of drug-likeness (QED) is 0.198. The minimum atomic E-state index is -5.44. The van der Waals surface area contributed by atoms with E-state index in [4.69, 9.17) is 10.5 Å². The SMILES string of the molecule is CCCN(C)c1nc(OC[C@@]23CCCN2C[C@H](F)C3)nc2c(C(F)(F)F)c(-c3ccc(F)c4sc(N)c(C#N)c34)c(C(F)(F)F)cc12. The number of halogens is 8. The molecule has 2 saturated heterocycles. The van der Waals surface area contributed by atoms with Crippen molar-refractivity contribution in [1.29, 1.82) is 5.26 Å². The van der Waals surface area contributed by atoms with Crippen molar-refractivity contribution in [2.45, 2.75) is 56.7 Å². The van der Waals surface area contributed by atoms with Gasteiger partial charge in [0.1, 0.15) is 35.5 Å². The van der Waals surface area contributed by atoms with Crippen LogP contribution in [-0.2, 0) is 12.4 Å². The molecule has 16 heteroatoms. The lowest BCUT2D eigenvalue weighted by molar-refractivity contribution is -0.141. The summed E-state index contributed by atoms with van der Waals surface area (Å²) in [7, 11) is 1.47. The first-order chi connectivity index (χ1) is 22.1. The van der Waals surface area contributed by atoms with Gasteiger partial charge in [-0.1, -0.05) is 13.0 Å². The number of nitrogens with two attached hydrogens (primary N) is 1. The highest BCUT2D eigenvalue weighted by atomic mass is 32.1. The zero-order chi connectivity index (χ0) is 34.1. The molecular formula is C31H28F8N6OS. The summed E-state index contributed by atoms with van der Waals surface area (Å²) >= 11 is 0.544. The molecular weight excluding hydrogens is 656 g/mol. The van der Waals surface area contributed by atoms with Gasteiger partial charge in [0, 0.05) is 42.9 Å². The van der Waals surface area contributed by atoms with Crippen LogP contribution in [0.15, 0.2) is 18.2 Å². The van der Waals surface area contributed by atoms with E-state index in [0.717, 1.165) is 18.6 Å². The zero-order valence-corrected chi connectivity index (χ0v) is 25.9. The van der Waals surface area contributed by atoms with Crippen LogP contribution in [0.5, 0.6) is 6.01 Å². The second kappa shape index (κ2) is 11.6. The molecule has 2 N–H and O–H groups in total. The van der Waals surface area contributed by atoms with Gasteiger partial charge in [-0.2, -0.15) is 41.6 Å². The summed E-state index contributed by atoms with van der Waals surface area (Å²) in [5.41, 5.74) is -1.62. The number of nitriles is 1. The van der Waals surface area contributed by atoms with Crippen LogP contribution in [0.4, 0.5) is 45.9 Å². The highest BCUT2D eigenvalue weighted by Crippen LogP contribution is 2.52. The largest absolute Gasteiger partial charge is 0.461 e. The van der Waals surface area contributed by atoms with Crippen LogP contribution in [0.3, 0.4) is 0 Å². The Hall–Kier alpha value is -3.97. The van der Waals surface area contributed by atoms with Crippen LogP contribution in [0.25, 0.3) is 32.1 Å². The minimum Gasteiger partial charge on any atom is -0.461 e. The fourth-order valence-corrected chi connectivity index (χ4v) is 7.91. The molecule has 250 valence electrons. The Kier molecular flexibility index (Phi) is 8.15. The lowest BCUT2D eigenvalue weighted by atomic mass is 9.88. The van der Waals surface area contributed by atoms with E-state index in [1.54, 1.807) is 13.0 Å². The molecule has 2 atom stereocenters. The van der Waals surface area contributed by atoms with Gasteiger partial charge < -0.3 is 15.4 Å². The second-order valence-electron chi connectivity index (χ2n) is 11.9. The van der Waals surface area contributed by atoms with Crippen molar-refractivity contribution in [3.05, 3.63) is 40.7 Å². The fourth-order valence-electron chi connectivity index (χ4n) is 6.96. The summed E-state index contributed by atoms with van der Waals surface area (Å²) in [5, 5.41) is 8.48. The molecule has 0 amide bonds. The van der Waals surface area contributed by atoms with Crippen LogP contribution in [0.2, 0.25) is 0 Å². The first kappa shape index (κ1) is 33.0. The molecule has 2 aromatic carbocycles. The molecule has 4 aromatic rings. The number of nitrogens with zero attached hydrogens (tertiary/aromatic N) is 5. The molecule has 0 bridgehead atoms. The van der Waals surface area contributed by atoms with Crippen molar-refractivity contribution in [2.24, 2.45) is 0 Å². The number of nitrogen functional groups attached to an aromatic ring is 1. The van der Waals surface area contributed by atoms with Crippen LogP contribution < -0.4 is 15.4 Å². The monoisotopic (exact) mass is 684 g/mol. The van der Waals surface area contributed by atoms with Crippen molar-refractivity contribution < 1.29 is 39.9 Å². The van der Waals surface area contributed by atoms with Gasteiger partial charge in [0.25, 0.3) is 0 Å². The van der Waals surface area contributed by atoms with Gasteiger partial charge in [-0.25, -0.2) is 8.78 Å². The van der Waals surface area contributed by atoms with Crippen molar-refractivity contribution in [3.63, 3.8) is 0 Å². The Balaban J connectivity index is 1.68. The van der Waals surface area contributed by atoms with Gasteiger partial charge >= 0.3 is 18.4 Å². The van der Waals surface area contributed by atoms with E-state index in [1.165, 1.54) is 11.9 Å². The van der Waals surface area contributed by atoms with Crippen molar-refractivity contribution >= 4 is 43.1 Å². The molecule has 2 aliphatic rings. The number of ether oxygens (including phenoxy) is 1. The predicted octanol–water partition coefficient (Wildman–Crippen LogP) is 7.94. The maximum absolute atomic E-state index is 15.3. The number of hydrogen-bond acceptors (Lipinski definition) is 8. The summed E-state index contributed by atoms with van der Waals surface area (Å²) in [6, 6.07) is 3.24. The number of fused-ring (bicyclic) bond motifs is 3. The smallest absolute Gasteiger partial charge is 0.419 e. The molecule has 7 nitrogen and oxygen atoms in total. The Morgan fingerprint density at radius 3 is 2.60 bits per heavy atom. The molecule has 2 fully saturated rings. The number of hydrogen-bond donors (Lipinski definition) is 1. The van der Waals surface area contributed by atoms with Gasteiger partial charge in [0.15, 0.2) is 0 Å². The van der Waals surface area contributed by atoms with E-state index in [-0.39, 0.29) is 41.6 Å². The fraction of sp³-hybridized carbons (Fsp3) is 0.452. The molecule has 2 aliphatic heterocycles. The Bertz CT molecular complexity index is 1920. The number of aromatic nitrogens is 2. The Labute approximate surface area is 267 Å². The van der Waals surface area contributed by atoms with Crippen molar-refractivity contribution in [3.8, 4) is 23.2 Å². The Morgan fingerprint density at radius 1 is 1.19 bits per heavy atom. The molecule has 4 heterocycles. The molecule has 0 saturated carbocycles. The van der Waals surface area contributed by atoms with E-state index in [9.17, 15) is 27.2 Å². The topological polar surface area (TPSA) is 91.3 Å². The molecule has 6 rings (SSSR count). The lowest BCUT2D eigenvalue weighted by Crippen LogP contribution is -2.43. The highest BCUT2D eigenvalue weighted by molar-refractivity contribution is 7.23. The van der Waals surface area contributed by atoms with Crippen molar-refractivity contribution in [2.75, 3.05) is 43.9 Å². The number of benzene rings is 2. The average molecular weight is 685 g/mol. The van der Waals surface area contributed by atoms with E-state index in [2.05, 4.69) is 9.97 Å². The molecule has 2 aromatic heterocycles. The Morgan fingerprint density at radius 2 is 1.94 bits per heavy atom. The third-order valence-corrected chi connectivity index (χ3v) is 9.92. The van der Waals surface area contributed by atoms with Gasteiger partial charge in [0.05, 0.1) is 32.4 Å². The van der Waals surface area contributed by atoms with Gasteiger partial charge in [-0.15, -0.1) is 11.3 Å². The highest BCUT2D eigenvalue weighted by Gasteiger charge is 2.50. The van der Waals surface area contributed by atoms with E-state index in [0.29, 0.717) is 36.8 Å². The zero-order valence-electron chi connectivity index (χ0n) is 25.1. The normalized spacial score (nSPS) is 20.2. The summed E-state index contributed by atoms with van der Waals surface area (Å²) in [4.78, 5) is 11.7. The molecule has 0 spiro atoms. The first-order valence-electron chi connectivity index (χ1n) is 14.8.